The number of fused-ring (bicyclic) bond motifs is 1. The molecule has 8 nitrogen and oxygen atoms in total. The number of nitrogens with one attached hydrogen (secondary N) is 2. The molecular formula is C22H17BrN2O6. The molecule has 0 fully saturated rings. The molecule has 158 valence electrons. The normalized spacial score (nSPS) is 12.4. The van der Waals surface area contributed by atoms with E-state index in [2.05, 4.69) is 26.6 Å². The van der Waals surface area contributed by atoms with E-state index < -0.39 is 11.8 Å². The zero-order valence-corrected chi connectivity index (χ0v) is 17.9. The number of methoxy groups -OCH3 is 1. The van der Waals surface area contributed by atoms with Gasteiger partial charge in [0.25, 0.3) is 11.8 Å². The molecule has 0 saturated carbocycles. The van der Waals surface area contributed by atoms with E-state index in [0.717, 1.165) is 0 Å². The molecule has 0 radical (unpaired) electrons. The highest BCUT2D eigenvalue weighted by Crippen LogP contribution is 2.33. The van der Waals surface area contributed by atoms with Gasteiger partial charge >= 0.3 is 0 Å². The third-order valence-corrected chi connectivity index (χ3v) is 4.77. The summed E-state index contributed by atoms with van der Waals surface area (Å²) in [5.41, 5.74) is 1.20. The third-order valence-electron chi connectivity index (χ3n) is 4.35. The van der Waals surface area contributed by atoms with Crippen molar-refractivity contribution in [2.75, 3.05) is 19.2 Å². The number of hydrogen-bond donors (Lipinski definition) is 2. The highest BCUT2D eigenvalue weighted by atomic mass is 79.9. The SMILES string of the molecule is COc1ccc(NC(=O)/C(=C\c2ccc3c(c2)OCO3)NC(=O)c2ccc(Br)o2)cc1. The fraction of sp³-hybridized carbons (Fsp3) is 0.0909. The highest BCUT2D eigenvalue weighted by Gasteiger charge is 2.19. The Morgan fingerprint density at radius 1 is 1.03 bits per heavy atom. The molecule has 31 heavy (non-hydrogen) atoms. The molecule has 0 saturated heterocycles. The maximum atomic E-state index is 13.0. The Kier molecular flexibility index (Phi) is 5.94. The predicted octanol–water partition coefficient (Wildman–Crippen LogP) is 4.19. The van der Waals surface area contributed by atoms with Crippen molar-refractivity contribution in [3.8, 4) is 17.2 Å². The van der Waals surface area contributed by atoms with Crippen molar-refractivity contribution in [2.24, 2.45) is 0 Å². The van der Waals surface area contributed by atoms with Crippen LogP contribution >= 0.6 is 15.9 Å². The molecule has 2 amide bonds. The Bertz CT molecular complexity index is 1150. The number of benzene rings is 2. The lowest BCUT2D eigenvalue weighted by atomic mass is 10.1. The van der Waals surface area contributed by atoms with Gasteiger partial charge < -0.3 is 29.3 Å². The van der Waals surface area contributed by atoms with Gasteiger partial charge in [-0.1, -0.05) is 6.07 Å². The first-order valence-corrected chi connectivity index (χ1v) is 9.94. The molecule has 1 aliphatic heterocycles. The van der Waals surface area contributed by atoms with Crippen LogP contribution in [0.2, 0.25) is 0 Å². The summed E-state index contributed by atoms with van der Waals surface area (Å²) < 4.78 is 21.5. The van der Waals surface area contributed by atoms with Gasteiger partial charge in [0.1, 0.15) is 11.4 Å². The van der Waals surface area contributed by atoms with Crippen molar-refractivity contribution in [1.82, 2.24) is 5.32 Å². The summed E-state index contributed by atoms with van der Waals surface area (Å²) in [7, 11) is 1.56. The molecule has 1 aliphatic rings. The van der Waals surface area contributed by atoms with Crippen LogP contribution in [0.4, 0.5) is 5.69 Å². The van der Waals surface area contributed by atoms with E-state index in [1.165, 1.54) is 12.1 Å². The van der Waals surface area contributed by atoms with Crippen LogP contribution in [0.25, 0.3) is 6.08 Å². The van der Waals surface area contributed by atoms with Gasteiger partial charge in [0.15, 0.2) is 21.9 Å². The number of furan rings is 1. The molecule has 1 aromatic heterocycles. The van der Waals surface area contributed by atoms with Crippen LogP contribution in [0.15, 0.2) is 69.4 Å². The summed E-state index contributed by atoms with van der Waals surface area (Å²) in [6, 6.07) is 15.1. The Hall–Kier alpha value is -3.72. The van der Waals surface area contributed by atoms with Crippen molar-refractivity contribution in [1.29, 1.82) is 0 Å². The van der Waals surface area contributed by atoms with Crippen LogP contribution in [0.3, 0.4) is 0 Å². The molecule has 0 atom stereocenters. The Morgan fingerprint density at radius 3 is 2.52 bits per heavy atom. The van der Waals surface area contributed by atoms with Gasteiger partial charge in [-0.15, -0.1) is 0 Å². The van der Waals surface area contributed by atoms with E-state index in [-0.39, 0.29) is 18.3 Å². The molecule has 0 bridgehead atoms. The fourth-order valence-electron chi connectivity index (χ4n) is 2.82. The van der Waals surface area contributed by atoms with Gasteiger partial charge in [-0.25, -0.2) is 0 Å². The first-order chi connectivity index (χ1) is 15.0. The molecular weight excluding hydrogens is 468 g/mol. The van der Waals surface area contributed by atoms with Crippen LogP contribution in [-0.4, -0.2) is 25.7 Å². The van der Waals surface area contributed by atoms with E-state index in [9.17, 15) is 9.59 Å². The summed E-state index contributed by atoms with van der Waals surface area (Å²) in [5.74, 6) is 0.812. The number of anilines is 1. The maximum Gasteiger partial charge on any atom is 0.291 e. The van der Waals surface area contributed by atoms with Crippen molar-refractivity contribution in [3.63, 3.8) is 0 Å². The van der Waals surface area contributed by atoms with E-state index in [1.54, 1.807) is 55.6 Å². The van der Waals surface area contributed by atoms with E-state index in [0.29, 0.717) is 33.2 Å². The zero-order chi connectivity index (χ0) is 21.8. The molecule has 4 rings (SSSR count). The number of halogens is 1. The number of carbonyl (C=O) groups is 2. The lowest BCUT2D eigenvalue weighted by Gasteiger charge is -2.11. The first-order valence-electron chi connectivity index (χ1n) is 9.15. The van der Waals surface area contributed by atoms with Crippen molar-refractivity contribution < 1.29 is 28.2 Å². The summed E-state index contributed by atoms with van der Waals surface area (Å²) in [6.07, 6.45) is 1.54. The van der Waals surface area contributed by atoms with Crippen LogP contribution < -0.4 is 24.8 Å². The van der Waals surface area contributed by atoms with Crippen molar-refractivity contribution >= 4 is 39.5 Å². The largest absolute Gasteiger partial charge is 0.497 e. The van der Waals surface area contributed by atoms with E-state index in [4.69, 9.17) is 18.6 Å². The van der Waals surface area contributed by atoms with Crippen molar-refractivity contribution in [3.05, 3.63) is 76.3 Å². The molecule has 0 aliphatic carbocycles. The minimum absolute atomic E-state index is 0.0206. The monoisotopic (exact) mass is 484 g/mol. The van der Waals surface area contributed by atoms with Gasteiger partial charge in [0.2, 0.25) is 6.79 Å². The van der Waals surface area contributed by atoms with E-state index >= 15 is 0 Å². The van der Waals surface area contributed by atoms with Crippen LogP contribution in [0.1, 0.15) is 16.1 Å². The van der Waals surface area contributed by atoms with Gasteiger partial charge in [-0.05, 0) is 76.1 Å². The van der Waals surface area contributed by atoms with Gasteiger partial charge in [0.05, 0.1) is 7.11 Å². The van der Waals surface area contributed by atoms with Crippen molar-refractivity contribution in [2.45, 2.75) is 0 Å². The quantitative estimate of drug-likeness (QED) is 0.509. The smallest absolute Gasteiger partial charge is 0.291 e. The summed E-state index contributed by atoms with van der Waals surface area (Å²) in [6.45, 7) is 0.136. The number of hydrogen-bond acceptors (Lipinski definition) is 6. The summed E-state index contributed by atoms with van der Waals surface area (Å²) in [5, 5.41) is 5.36. The van der Waals surface area contributed by atoms with E-state index in [1.807, 2.05) is 0 Å². The number of rotatable bonds is 6. The van der Waals surface area contributed by atoms with Gasteiger partial charge in [-0.3, -0.25) is 9.59 Å². The van der Waals surface area contributed by atoms with Gasteiger partial charge in [0, 0.05) is 5.69 Å². The first kappa shape index (κ1) is 20.5. The lowest BCUT2D eigenvalue weighted by molar-refractivity contribution is -0.113. The number of ether oxygens (including phenoxy) is 3. The molecule has 2 heterocycles. The van der Waals surface area contributed by atoms with Crippen LogP contribution in [0, 0.1) is 0 Å². The zero-order valence-electron chi connectivity index (χ0n) is 16.3. The molecule has 2 N–H and O–H groups in total. The molecule has 2 aromatic carbocycles. The second-order valence-corrected chi connectivity index (χ2v) is 7.19. The maximum absolute atomic E-state index is 13.0. The minimum Gasteiger partial charge on any atom is -0.497 e. The predicted molar refractivity (Wildman–Crippen MR) is 116 cm³/mol. The third kappa shape index (κ3) is 4.89. The number of carbonyl (C=O) groups excluding carboxylic acids is 2. The topological polar surface area (TPSA) is 99.0 Å². The summed E-state index contributed by atoms with van der Waals surface area (Å²) >= 11 is 3.16. The van der Waals surface area contributed by atoms with Crippen LogP contribution in [0.5, 0.6) is 17.2 Å². The lowest BCUT2D eigenvalue weighted by Crippen LogP contribution is -2.30. The fourth-order valence-corrected chi connectivity index (χ4v) is 3.13. The second-order valence-electron chi connectivity index (χ2n) is 6.41. The summed E-state index contributed by atoms with van der Waals surface area (Å²) in [4.78, 5) is 25.5. The second kappa shape index (κ2) is 8.97. The van der Waals surface area contributed by atoms with Gasteiger partial charge in [-0.2, -0.15) is 0 Å². The Labute approximate surface area is 185 Å². The molecule has 3 aromatic rings. The number of amides is 2. The molecule has 0 spiro atoms. The molecule has 0 unspecified atom stereocenters. The Balaban J connectivity index is 1.60. The van der Waals surface area contributed by atoms with Crippen LogP contribution in [-0.2, 0) is 4.79 Å². The minimum atomic E-state index is -0.567. The highest BCUT2D eigenvalue weighted by molar-refractivity contribution is 9.10. The Morgan fingerprint density at radius 2 is 1.81 bits per heavy atom. The average molecular weight is 485 g/mol. The molecule has 9 heteroatoms. The standard InChI is InChI=1S/C22H17BrN2O6/c1-28-15-5-3-14(4-6-15)24-21(26)16(25-22(27)18-8-9-20(23)31-18)10-13-2-7-17-19(11-13)30-12-29-17/h2-11H,12H2,1H3,(H,24,26)(H,25,27)/b16-10+. The average Bonchev–Trinajstić information content (AvgIpc) is 3.42.